The first-order chi connectivity index (χ1) is 11.1. The highest BCUT2D eigenvalue weighted by atomic mass is 35.5. The molecular formula is C17H26ClN3O2. The number of carbonyl (C=O) groups excluding carboxylic acids is 1. The van der Waals surface area contributed by atoms with E-state index >= 15 is 0 Å². The lowest BCUT2D eigenvalue weighted by molar-refractivity contribution is 0.171. The van der Waals surface area contributed by atoms with Crippen LogP contribution in [0.15, 0.2) is 24.3 Å². The van der Waals surface area contributed by atoms with Gasteiger partial charge in [0, 0.05) is 30.2 Å². The van der Waals surface area contributed by atoms with Crippen LogP contribution in [-0.2, 0) is 0 Å². The van der Waals surface area contributed by atoms with Crippen LogP contribution >= 0.6 is 11.6 Å². The van der Waals surface area contributed by atoms with Crippen molar-refractivity contribution in [1.82, 2.24) is 15.5 Å². The van der Waals surface area contributed by atoms with Gasteiger partial charge in [-0.3, -0.25) is 0 Å². The molecule has 5 nitrogen and oxygen atoms in total. The molecular weight excluding hydrogens is 314 g/mol. The van der Waals surface area contributed by atoms with Gasteiger partial charge in [0.1, 0.15) is 0 Å². The van der Waals surface area contributed by atoms with Crippen molar-refractivity contribution in [2.24, 2.45) is 5.92 Å². The fourth-order valence-corrected chi connectivity index (χ4v) is 2.98. The quantitative estimate of drug-likeness (QED) is 0.745. The van der Waals surface area contributed by atoms with Crippen molar-refractivity contribution in [3.05, 3.63) is 34.9 Å². The SMILES string of the molecule is CC1CCN(CCNC(=O)NCC(O)c2ccccc2Cl)CC1. The Balaban J connectivity index is 1.62. The number of hydrogen-bond donors (Lipinski definition) is 3. The minimum atomic E-state index is -0.807. The van der Waals surface area contributed by atoms with Crippen LogP contribution in [0.3, 0.4) is 0 Å². The van der Waals surface area contributed by atoms with Crippen molar-refractivity contribution in [1.29, 1.82) is 0 Å². The summed E-state index contributed by atoms with van der Waals surface area (Å²) in [5.41, 5.74) is 0.622. The molecule has 1 aliphatic heterocycles. The maximum atomic E-state index is 11.8. The topological polar surface area (TPSA) is 64.6 Å². The van der Waals surface area contributed by atoms with Crippen molar-refractivity contribution < 1.29 is 9.90 Å². The molecule has 2 rings (SSSR count). The molecule has 1 heterocycles. The first-order valence-corrected chi connectivity index (χ1v) is 8.60. The number of nitrogens with one attached hydrogen (secondary N) is 2. The van der Waals surface area contributed by atoms with Crippen molar-refractivity contribution in [2.75, 3.05) is 32.7 Å². The Kier molecular flexibility index (Phi) is 7.15. The van der Waals surface area contributed by atoms with Crippen LogP contribution in [0, 0.1) is 5.92 Å². The van der Waals surface area contributed by atoms with Gasteiger partial charge in [0.25, 0.3) is 0 Å². The normalized spacial score (nSPS) is 17.7. The highest BCUT2D eigenvalue weighted by Crippen LogP contribution is 2.21. The van der Waals surface area contributed by atoms with Crippen LogP contribution in [0.1, 0.15) is 31.4 Å². The van der Waals surface area contributed by atoms with E-state index in [1.165, 1.54) is 12.8 Å². The first-order valence-electron chi connectivity index (χ1n) is 8.23. The standard InChI is InChI=1S/C17H26ClN3O2/c1-13-6-9-21(10-7-13)11-8-19-17(23)20-12-16(22)14-4-2-3-5-15(14)18/h2-5,13,16,22H,6-12H2,1H3,(H2,19,20,23). The summed E-state index contributed by atoms with van der Waals surface area (Å²) < 4.78 is 0. The smallest absolute Gasteiger partial charge is 0.314 e. The fraction of sp³-hybridized carbons (Fsp3) is 0.588. The zero-order valence-corrected chi connectivity index (χ0v) is 14.4. The van der Waals surface area contributed by atoms with E-state index in [0.717, 1.165) is 25.6 Å². The van der Waals surface area contributed by atoms with Gasteiger partial charge in [0.05, 0.1) is 6.10 Å². The second kappa shape index (κ2) is 9.11. The maximum Gasteiger partial charge on any atom is 0.314 e. The Labute approximate surface area is 143 Å². The number of rotatable bonds is 6. The predicted molar refractivity (Wildman–Crippen MR) is 92.7 cm³/mol. The van der Waals surface area contributed by atoms with Gasteiger partial charge < -0.3 is 20.6 Å². The summed E-state index contributed by atoms with van der Waals surface area (Å²) >= 11 is 6.02. The van der Waals surface area contributed by atoms with E-state index in [2.05, 4.69) is 22.5 Å². The molecule has 6 heteroatoms. The number of piperidine rings is 1. The van der Waals surface area contributed by atoms with Gasteiger partial charge in [-0.1, -0.05) is 36.7 Å². The third-order valence-electron chi connectivity index (χ3n) is 4.31. The zero-order chi connectivity index (χ0) is 16.7. The molecule has 0 radical (unpaired) electrons. The number of benzene rings is 1. The highest BCUT2D eigenvalue weighted by molar-refractivity contribution is 6.31. The van der Waals surface area contributed by atoms with Crippen molar-refractivity contribution >= 4 is 17.6 Å². The molecule has 1 unspecified atom stereocenters. The maximum absolute atomic E-state index is 11.8. The molecule has 0 bridgehead atoms. The number of aliphatic hydroxyl groups is 1. The number of carbonyl (C=O) groups is 1. The molecule has 3 N–H and O–H groups in total. The summed E-state index contributed by atoms with van der Waals surface area (Å²) in [4.78, 5) is 14.1. The van der Waals surface area contributed by atoms with Crippen LogP contribution in [0.4, 0.5) is 4.79 Å². The van der Waals surface area contributed by atoms with Crippen LogP contribution in [0.2, 0.25) is 5.02 Å². The molecule has 0 aromatic heterocycles. The van der Waals surface area contributed by atoms with Crippen LogP contribution in [-0.4, -0.2) is 48.8 Å². The summed E-state index contributed by atoms with van der Waals surface area (Å²) in [7, 11) is 0. The van der Waals surface area contributed by atoms with Crippen molar-refractivity contribution in [2.45, 2.75) is 25.9 Å². The monoisotopic (exact) mass is 339 g/mol. The minimum absolute atomic E-state index is 0.136. The Morgan fingerprint density at radius 1 is 1.35 bits per heavy atom. The van der Waals surface area contributed by atoms with Crippen molar-refractivity contribution in [3.8, 4) is 0 Å². The number of hydrogen-bond acceptors (Lipinski definition) is 3. The zero-order valence-electron chi connectivity index (χ0n) is 13.6. The summed E-state index contributed by atoms with van der Waals surface area (Å²) in [5, 5.41) is 16.1. The third kappa shape index (κ3) is 6.01. The average molecular weight is 340 g/mol. The van der Waals surface area contributed by atoms with E-state index < -0.39 is 6.10 Å². The van der Waals surface area contributed by atoms with Gasteiger partial charge in [-0.05, 0) is 37.9 Å². The number of amides is 2. The highest BCUT2D eigenvalue weighted by Gasteiger charge is 2.15. The van der Waals surface area contributed by atoms with Gasteiger partial charge in [-0.15, -0.1) is 0 Å². The van der Waals surface area contributed by atoms with Crippen LogP contribution in [0.25, 0.3) is 0 Å². The van der Waals surface area contributed by atoms with E-state index in [-0.39, 0.29) is 12.6 Å². The summed E-state index contributed by atoms with van der Waals surface area (Å²) in [6, 6.07) is 6.83. The number of urea groups is 1. The Bertz CT molecular complexity index is 504. The summed E-state index contributed by atoms with van der Waals surface area (Å²) in [6.07, 6.45) is 1.66. The van der Waals surface area contributed by atoms with Crippen LogP contribution in [0.5, 0.6) is 0 Å². The van der Waals surface area contributed by atoms with E-state index in [4.69, 9.17) is 11.6 Å². The molecule has 1 atom stereocenters. The second-order valence-corrected chi connectivity index (χ2v) is 6.61. The third-order valence-corrected chi connectivity index (χ3v) is 4.65. The average Bonchev–Trinajstić information content (AvgIpc) is 2.55. The van der Waals surface area contributed by atoms with Gasteiger partial charge in [0.2, 0.25) is 0 Å². The van der Waals surface area contributed by atoms with Gasteiger partial charge in [-0.25, -0.2) is 4.79 Å². The van der Waals surface area contributed by atoms with E-state index in [9.17, 15) is 9.90 Å². The number of aliphatic hydroxyl groups excluding tert-OH is 1. The molecule has 1 aromatic carbocycles. The molecule has 1 aromatic rings. The number of likely N-dealkylation sites (tertiary alicyclic amines) is 1. The molecule has 23 heavy (non-hydrogen) atoms. The van der Waals surface area contributed by atoms with E-state index in [0.29, 0.717) is 17.1 Å². The first kappa shape index (κ1) is 18.0. The lowest BCUT2D eigenvalue weighted by Crippen LogP contribution is -2.43. The number of halogens is 1. The molecule has 0 aliphatic carbocycles. The lowest BCUT2D eigenvalue weighted by atomic mass is 9.99. The molecule has 0 saturated carbocycles. The lowest BCUT2D eigenvalue weighted by Gasteiger charge is -2.30. The van der Waals surface area contributed by atoms with E-state index in [1.54, 1.807) is 18.2 Å². The molecule has 2 amide bonds. The minimum Gasteiger partial charge on any atom is -0.387 e. The number of nitrogens with zero attached hydrogens (tertiary/aromatic N) is 1. The Morgan fingerprint density at radius 3 is 2.74 bits per heavy atom. The predicted octanol–water partition coefficient (Wildman–Crippen LogP) is 2.40. The largest absolute Gasteiger partial charge is 0.387 e. The van der Waals surface area contributed by atoms with Crippen LogP contribution < -0.4 is 10.6 Å². The Hall–Kier alpha value is -1.30. The van der Waals surface area contributed by atoms with Gasteiger partial charge >= 0.3 is 6.03 Å². The molecule has 1 saturated heterocycles. The molecule has 1 aliphatic rings. The second-order valence-electron chi connectivity index (χ2n) is 6.20. The summed E-state index contributed by atoms with van der Waals surface area (Å²) in [6.45, 7) is 6.12. The summed E-state index contributed by atoms with van der Waals surface area (Å²) in [5.74, 6) is 0.814. The fourth-order valence-electron chi connectivity index (χ4n) is 2.72. The van der Waals surface area contributed by atoms with Gasteiger partial charge in [0.15, 0.2) is 0 Å². The molecule has 0 spiro atoms. The molecule has 1 fully saturated rings. The van der Waals surface area contributed by atoms with E-state index in [1.807, 2.05) is 6.07 Å². The van der Waals surface area contributed by atoms with Gasteiger partial charge in [-0.2, -0.15) is 0 Å². The Morgan fingerprint density at radius 2 is 2.04 bits per heavy atom. The molecule has 128 valence electrons. The van der Waals surface area contributed by atoms with Crippen molar-refractivity contribution in [3.63, 3.8) is 0 Å².